The number of carbonyl (C=O) groups is 1. The van der Waals surface area contributed by atoms with Crippen molar-refractivity contribution in [2.75, 3.05) is 26.4 Å². The molecule has 8 heteroatoms. The average Bonchev–Trinajstić information content (AvgIpc) is 2.67. The van der Waals surface area contributed by atoms with Gasteiger partial charge >= 0.3 is 13.8 Å². The van der Waals surface area contributed by atoms with E-state index < -0.39 is 20.4 Å². The highest BCUT2D eigenvalue weighted by molar-refractivity contribution is 7.47. The number of phosphoric ester groups is 1. The van der Waals surface area contributed by atoms with Crippen LogP contribution in [0.4, 0.5) is 0 Å². The zero-order chi connectivity index (χ0) is 20.9. The Bertz CT molecular complexity index is 408. The number of nitrogens with two attached hydrogens (primary N) is 1. The minimum absolute atomic E-state index is 0.0534. The van der Waals surface area contributed by atoms with Crippen molar-refractivity contribution in [2.45, 2.75) is 96.8 Å². The van der Waals surface area contributed by atoms with Crippen LogP contribution < -0.4 is 5.73 Å². The van der Waals surface area contributed by atoms with Crippen LogP contribution in [0.1, 0.15) is 96.8 Å². The normalized spacial score (nSPS) is 13.4. The molecule has 1 unspecified atom stereocenters. The van der Waals surface area contributed by atoms with Gasteiger partial charge in [-0.2, -0.15) is 0 Å². The lowest BCUT2D eigenvalue weighted by atomic mass is 10.0. The molecule has 0 aliphatic rings. The summed E-state index contributed by atoms with van der Waals surface area (Å²) in [4.78, 5) is 20.6. The fourth-order valence-electron chi connectivity index (χ4n) is 2.86. The molecule has 7 nitrogen and oxygen atoms in total. The third kappa shape index (κ3) is 20.3. The molecular formula is C20H42NO6P. The van der Waals surface area contributed by atoms with Crippen molar-refractivity contribution in [2.24, 2.45) is 5.73 Å². The summed E-state index contributed by atoms with van der Waals surface area (Å²) in [6.45, 7) is 2.02. The fraction of sp³-hybridized carbons (Fsp3) is 0.950. The predicted octanol–water partition coefficient (Wildman–Crippen LogP) is 5.10. The van der Waals surface area contributed by atoms with E-state index in [1.54, 1.807) is 0 Å². The first-order valence-electron chi connectivity index (χ1n) is 11.0. The Hall–Kier alpha value is -0.460. The first-order valence-corrected chi connectivity index (χ1v) is 12.5. The Balaban J connectivity index is 3.35. The van der Waals surface area contributed by atoms with Crippen molar-refractivity contribution >= 4 is 13.8 Å². The molecule has 0 aliphatic heterocycles. The molecule has 0 aromatic carbocycles. The van der Waals surface area contributed by atoms with Gasteiger partial charge in [-0.1, -0.05) is 90.4 Å². The summed E-state index contributed by atoms with van der Waals surface area (Å²) in [5.74, 6) is -0.736. The van der Waals surface area contributed by atoms with Crippen molar-refractivity contribution in [3.8, 4) is 0 Å². The molecule has 0 saturated carbocycles. The lowest BCUT2D eigenvalue weighted by Gasteiger charge is -2.11. The Labute approximate surface area is 171 Å². The summed E-state index contributed by atoms with van der Waals surface area (Å²) in [7, 11) is -4.20. The molecule has 0 fully saturated rings. The van der Waals surface area contributed by atoms with Gasteiger partial charge in [0, 0.05) is 6.54 Å². The summed E-state index contributed by atoms with van der Waals surface area (Å²) in [5, 5.41) is 0. The molecule has 0 saturated heterocycles. The van der Waals surface area contributed by atoms with Crippen molar-refractivity contribution in [3.05, 3.63) is 0 Å². The SMILES string of the molecule is CCCCCCCCCCCCCCCCOP(=O)(O)OCC(=O)OCCN. The quantitative estimate of drug-likeness (QED) is 0.150. The van der Waals surface area contributed by atoms with Gasteiger partial charge in [0.2, 0.25) is 0 Å². The number of carbonyl (C=O) groups excluding carboxylic acids is 1. The third-order valence-electron chi connectivity index (χ3n) is 4.48. The van der Waals surface area contributed by atoms with Gasteiger partial charge in [-0.05, 0) is 6.42 Å². The highest BCUT2D eigenvalue weighted by Gasteiger charge is 2.22. The summed E-state index contributed by atoms with van der Waals surface area (Å²) in [6, 6.07) is 0. The lowest BCUT2D eigenvalue weighted by molar-refractivity contribution is -0.146. The number of hydrogen-bond acceptors (Lipinski definition) is 6. The zero-order valence-electron chi connectivity index (χ0n) is 17.7. The van der Waals surface area contributed by atoms with E-state index in [1.807, 2.05) is 0 Å². The van der Waals surface area contributed by atoms with Crippen molar-refractivity contribution < 1.29 is 28.0 Å². The van der Waals surface area contributed by atoms with Gasteiger partial charge in [-0.15, -0.1) is 0 Å². The van der Waals surface area contributed by atoms with Crippen LogP contribution in [0.15, 0.2) is 0 Å². The maximum Gasteiger partial charge on any atom is 0.472 e. The van der Waals surface area contributed by atoms with Crippen molar-refractivity contribution in [1.82, 2.24) is 0 Å². The van der Waals surface area contributed by atoms with Crippen LogP contribution in [-0.4, -0.2) is 37.2 Å². The van der Waals surface area contributed by atoms with Crippen LogP contribution in [0.3, 0.4) is 0 Å². The number of unbranched alkanes of at least 4 members (excludes halogenated alkanes) is 13. The highest BCUT2D eigenvalue weighted by Crippen LogP contribution is 2.43. The fourth-order valence-corrected chi connectivity index (χ4v) is 3.57. The van der Waals surface area contributed by atoms with E-state index in [-0.39, 0.29) is 19.8 Å². The molecule has 0 aromatic heterocycles. The number of phosphoric acid groups is 1. The van der Waals surface area contributed by atoms with E-state index >= 15 is 0 Å². The number of hydrogen-bond donors (Lipinski definition) is 2. The van der Waals surface area contributed by atoms with Gasteiger partial charge in [0.05, 0.1) is 6.61 Å². The van der Waals surface area contributed by atoms with Crippen LogP contribution in [0.2, 0.25) is 0 Å². The second kappa shape index (κ2) is 19.8. The van der Waals surface area contributed by atoms with Gasteiger partial charge in [0.1, 0.15) is 6.61 Å². The molecule has 0 aromatic rings. The first kappa shape index (κ1) is 27.5. The molecule has 0 bridgehead atoms. The molecule has 1 atom stereocenters. The van der Waals surface area contributed by atoms with Crippen LogP contribution in [-0.2, 0) is 23.1 Å². The van der Waals surface area contributed by atoms with Crippen LogP contribution in [0.5, 0.6) is 0 Å². The van der Waals surface area contributed by atoms with E-state index in [9.17, 15) is 14.3 Å². The molecule has 0 heterocycles. The van der Waals surface area contributed by atoms with Gasteiger partial charge in [-0.3, -0.25) is 9.05 Å². The predicted molar refractivity (Wildman–Crippen MR) is 112 cm³/mol. The second-order valence-electron chi connectivity index (χ2n) is 7.18. The van der Waals surface area contributed by atoms with Crippen molar-refractivity contribution in [3.63, 3.8) is 0 Å². The number of esters is 1. The molecule has 0 aliphatic carbocycles. The summed E-state index contributed by atoms with van der Waals surface area (Å²) >= 11 is 0. The average molecular weight is 424 g/mol. The summed E-state index contributed by atoms with van der Waals surface area (Å²) < 4.78 is 25.7. The Morgan fingerprint density at radius 2 is 1.25 bits per heavy atom. The molecule has 28 heavy (non-hydrogen) atoms. The van der Waals surface area contributed by atoms with Gasteiger partial charge in [0.25, 0.3) is 0 Å². The molecular weight excluding hydrogens is 381 g/mol. The first-order chi connectivity index (χ1) is 13.5. The molecule has 0 amide bonds. The van der Waals surface area contributed by atoms with Crippen LogP contribution in [0.25, 0.3) is 0 Å². The maximum absolute atomic E-state index is 11.6. The van der Waals surface area contributed by atoms with Gasteiger partial charge in [0.15, 0.2) is 6.61 Å². The molecule has 0 spiro atoms. The minimum atomic E-state index is -4.20. The van der Waals surface area contributed by atoms with E-state index in [0.29, 0.717) is 6.42 Å². The highest BCUT2D eigenvalue weighted by atomic mass is 31.2. The zero-order valence-corrected chi connectivity index (χ0v) is 18.6. The topological polar surface area (TPSA) is 108 Å². The third-order valence-corrected chi connectivity index (χ3v) is 5.44. The van der Waals surface area contributed by atoms with Gasteiger partial charge in [-0.25, -0.2) is 9.36 Å². The monoisotopic (exact) mass is 423 g/mol. The summed E-state index contributed by atoms with van der Waals surface area (Å²) in [6.07, 6.45) is 17.4. The smallest absolute Gasteiger partial charge is 0.463 e. The van der Waals surface area contributed by atoms with Crippen LogP contribution >= 0.6 is 7.82 Å². The minimum Gasteiger partial charge on any atom is -0.463 e. The standard InChI is InChI=1S/C20H42NO6P/c1-2-3-4-5-6-7-8-9-10-11-12-13-14-15-17-26-28(23,24)27-19-20(22)25-18-16-21/h2-19,21H2,1H3,(H,23,24). The lowest BCUT2D eigenvalue weighted by Crippen LogP contribution is -2.17. The van der Waals surface area contributed by atoms with Crippen molar-refractivity contribution in [1.29, 1.82) is 0 Å². The Morgan fingerprint density at radius 3 is 1.71 bits per heavy atom. The Kier molecular flexibility index (Phi) is 19.5. The van der Waals surface area contributed by atoms with Gasteiger partial charge < -0.3 is 15.4 Å². The Morgan fingerprint density at radius 1 is 0.786 bits per heavy atom. The molecule has 0 rings (SSSR count). The molecule has 168 valence electrons. The second-order valence-corrected chi connectivity index (χ2v) is 8.63. The van der Waals surface area contributed by atoms with E-state index in [4.69, 9.17) is 10.3 Å². The number of ether oxygens (including phenoxy) is 1. The van der Waals surface area contributed by atoms with E-state index in [0.717, 1.165) is 12.8 Å². The molecule has 3 N–H and O–H groups in total. The largest absolute Gasteiger partial charge is 0.472 e. The van der Waals surface area contributed by atoms with E-state index in [2.05, 4.69) is 16.2 Å². The number of rotatable bonds is 21. The maximum atomic E-state index is 11.6. The summed E-state index contributed by atoms with van der Waals surface area (Å²) in [5.41, 5.74) is 5.18. The van der Waals surface area contributed by atoms with Crippen LogP contribution in [0, 0.1) is 0 Å². The molecule has 0 radical (unpaired) electrons. The van der Waals surface area contributed by atoms with E-state index in [1.165, 1.54) is 70.6 Å².